The molecule has 0 fully saturated rings. The number of carbonyl (C=O) groups is 2. The number of anilines is 2. The Hall–Kier alpha value is -2.24. The lowest BCUT2D eigenvalue weighted by molar-refractivity contribution is -0.120. The van der Waals surface area contributed by atoms with E-state index in [1.165, 1.54) is 11.8 Å². The molecule has 7 heteroatoms. The van der Waals surface area contributed by atoms with E-state index in [1.807, 2.05) is 13.8 Å². The van der Waals surface area contributed by atoms with Crippen LogP contribution in [0.1, 0.15) is 20.8 Å². The van der Waals surface area contributed by atoms with Crippen LogP contribution in [0.25, 0.3) is 0 Å². The van der Waals surface area contributed by atoms with Gasteiger partial charge in [-0.25, -0.2) is 0 Å². The summed E-state index contributed by atoms with van der Waals surface area (Å²) in [6, 6.07) is 11.8. The summed E-state index contributed by atoms with van der Waals surface area (Å²) in [5.41, 5.74) is 1.12. The zero-order valence-corrected chi connectivity index (χ0v) is 16.3. The Bertz CT molecular complexity index is 792. The minimum absolute atomic E-state index is 0.0748. The zero-order valence-electron chi connectivity index (χ0n) is 14.8. The molecular weight excluding hydrogens is 375 g/mol. The van der Waals surface area contributed by atoms with Gasteiger partial charge in [-0.05, 0) is 56.3 Å². The van der Waals surface area contributed by atoms with Crippen molar-refractivity contribution in [3.05, 3.63) is 52.5 Å². The third-order valence-electron chi connectivity index (χ3n) is 3.41. The molecule has 0 saturated heterocycles. The highest BCUT2D eigenvalue weighted by Crippen LogP contribution is 2.27. The maximum atomic E-state index is 12.3. The summed E-state index contributed by atoms with van der Waals surface area (Å²) >= 11 is 11.9. The largest absolute Gasteiger partial charge is 0.491 e. The molecule has 26 heavy (non-hydrogen) atoms. The van der Waals surface area contributed by atoms with Gasteiger partial charge in [0.15, 0.2) is 0 Å². The number of halogens is 2. The Morgan fingerprint density at radius 1 is 1.08 bits per heavy atom. The van der Waals surface area contributed by atoms with Gasteiger partial charge >= 0.3 is 0 Å². The quantitative estimate of drug-likeness (QED) is 0.767. The lowest BCUT2D eigenvalue weighted by atomic mass is 10.2. The second-order valence-corrected chi connectivity index (χ2v) is 6.76. The average molecular weight is 395 g/mol. The van der Waals surface area contributed by atoms with Gasteiger partial charge in [0.25, 0.3) is 0 Å². The summed E-state index contributed by atoms with van der Waals surface area (Å²) in [5.74, 6) is 0.113. The predicted molar refractivity (Wildman–Crippen MR) is 105 cm³/mol. The first-order valence-corrected chi connectivity index (χ1v) is 8.81. The minimum atomic E-state index is -0.330. The summed E-state index contributed by atoms with van der Waals surface area (Å²) in [6.07, 6.45) is 0.0748. The van der Waals surface area contributed by atoms with E-state index >= 15 is 0 Å². The van der Waals surface area contributed by atoms with E-state index in [0.29, 0.717) is 21.4 Å². The topological polar surface area (TPSA) is 58.6 Å². The molecule has 0 atom stereocenters. The zero-order chi connectivity index (χ0) is 19.3. The minimum Gasteiger partial charge on any atom is -0.491 e. The van der Waals surface area contributed by atoms with E-state index in [9.17, 15) is 9.59 Å². The van der Waals surface area contributed by atoms with Crippen LogP contribution in [0.4, 0.5) is 11.4 Å². The smallest absolute Gasteiger partial charge is 0.244 e. The highest BCUT2D eigenvalue weighted by Gasteiger charge is 2.17. The van der Waals surface area contributed by atoms with Gasteiger partial charge in [-0.1, -0.05) is 23.2 Å². The molecule has 0 saturated carbocycles. The first-order valence-electron chi connectivity index (χ1n) is 8.06. The first-order chi connectivity index (χ1) is 12.3. The van der Waals surface area contributed by atoms with Gasteiger partial charge in [-0.15, -0.1) is 0 Å². The standard InChI is InChI=1S/C19H20Cl2N2O3/c1-12(2)26-16-7-4-14(5-8-16)22-19(25)11-23(13(3)24)15-6-9-17(20)18(21)10-15/h4-10,12H,11H2,1-3H3,(H,22,25). The van der Waals surface area contributed by atoms with Crippen molar-refractivity contribution < 1.29 is 14.3 Å². The van der Waals surface area contributed by atoms with Crippen LogP contribution in [-0.2, 0) is 9.59 Å². The Labute approximate surface area is 162 Å². The molecule has 0 unspecified atom stereocenters. The third kappa shape index (κ3) is 5.64. The van der Waals surface area contributed by atoms with Gasteiger partial charge in [-0.3, -0.25) is 9.59 Å². The molecule has 2 aromatic rings. The fraction of sp³-hybridized carbons (Fsp3) is 0.263. The molecule has 1 N–H and O–H groups in total. The molecular formula is C19H20Cl2N2O3. The summed E-state index contributed by atoms with van der Waals surface area (Å²) in [5, 5.41) is 3.45. The normalized spacial score (nSPS) is 10.5. The molecule has 0 aliphatic carbocycles. The summed E-state index contributed by atoms with van der Waals surface area (Å²) in [4.78, 5) is 25.6. The number of nitrogens with zero attached hydrogens (tertiary/aromatic N) is 1. The Kier molecular flexibility index (Phi) is 6.89. The lowest BCUT2D eigenvalue weighted by Gasteiger charge is -2.21. The summed E-state index contributed by atoms with van der Waals surface area (Å²) in [7, 11) is 0. The van der Waals surface area contributed by atoms with Crippen molar-refractivity contribution in [2.24, 2.45) is 0 Å². The molecule has 0 aliphatic heterocycles. The SMILES string of the molecule is CC(=O)N(CC(=O)Nc1ccc(OC(C)C)cc1)c1ccc(Cl)c(Cl)c1. The van der Waals surface area contributed by atoms with Crippen LogP contribution in [0.3, 0.4) is 0 Å². The summed E-state index contributed by atoms with van der Waals surface area (Å²) in [6.45, 7) is 5.12. The Balaban J connectivity index is 2.05. The molecule has 0 bridgehead atoms. The van der Waals surface area contributed by atoms with Gasteiger partial charge in [0, 0.05) is 18.3 Å². The summed E-state index contributed by atoms with van der Waals surface area (Å²) < 4.78 is 5.56. The predicted octanol–water partition coefficient (Wildman–Crippen LogP) is 4.77. The van der Waals surface area contributed by atoms with E-state index in [1.54, 1.807) is 42.5 Å². The number of amides is 2. The van der Waals surface area contributed by atoms with Gasteiger partial charge in [0.2, 0.25) is 11.8 Å². The molecule has 138 valence electrons. The molecule has 0 spiro atoms. The van der Waals surface area contributed by atoms with Crippen molar-refractivity contribution in [1.82, 2.24) is 0 Å². The highest BCUT2D eigenvalue weighted by atomic mass is 35.5. The highest BCUT2D eigenvalue weighted by molar-refractivity contribution is 6.42. The van der Waals surface area contributed by atoms with Crippen molar-refractivity contribution in [2.75, 3.05) is 16.8 Å². The Morgan fingerprint density at radius 3 is 2.27 bits per heavy atom. The Morgan fingerprint density at radius 2 is 1.73 bits per heavy atom. The number of carbonyl (C=O) groups excluding carboxylic acids is 2. The fourth-order valence-electron chi connectivity index (χ4n) is 2.27. The van der Waals surface area contributed by atoms with Crippen molar-refractivity contribution in [3.8, 4) is 5.75 Å². The molecule has 0 aromatic heterocycles. The second kappa shape index (κ2) is 8.92. The second-order valence-electron chi connectivity index (χ2n) is 5.94. The van der Waals surface area contributed by atoms with Crippen LogP contribution in [0.5, 0.6) is 5.75 Å². The number of benzene rings is 2. The number of ether oxygens (including phenoxy) is 1. The van der Waals surface area contributed by atoms with Crippen molar-refractivity contribution in [1.29, 1.82) is 0 Å². The van der Waals surface area contributed by atoms with Crippen molar-refractivity contribution in [2.45, 2.75) is 26.9 Å². The van der Waals surface area contributed by atoms with Gasteiger partial charge in [0.1, 0.15) is 12.3 Å². The first kappa shape index (κ1) is 20.1. The molecule has 2 rings (SSSR count). The number of rotatable bonds is 6. The number of hydrogen-bond donors (Lipinski definition) is 1. The third-order valence-corrected chi connectivity index (χ3v) is 4.15. The van der Waals surface area contributed by atoms with Crippen LogP contribution in [-0.4, -0.2) is 24.5 Å². The van der Waals surface area contributed by atoms with E-state index in [2.05, 4.69) is 5.32 Å². The van der Waals surface area contributed by atoms with Crippen molar-refractivity contribution in [3.63, 3.8) is 0 Å². The lowest BCUT2D eigenvalue weighted by Crippen LogP contribution is -2.36. The molecule has 0 radical (unpaired) electrons. The number of hydrogen-bond acceptors (Lipinski definition) is 3. The molecule has 0 aliphatic rings. The van der Waals surface area contributed by atoms with E-state index in [0.717, 1.165) is 5.75 Å². The van der Waals surface area contributed by atoms with Gasteiger partial charge in [-0.2, -0.15) is 0 Å². The van der Waals surface area contributed by atoms with Crippen LogP contribution < -0.4 is 15.0 Å². The van der Waals surface area contributed by atoms with Crippen LogP contribution in [0.15, 0.2) is 42.5 Å². The maximum Gasteiger partial charge on any atom is 0.244 e. The maximum absolute atomic E-state index is 12.3. The molecule has 0 heterocycles. The van der Waals surface area contributed by atoms with Gasteiger partial charge in [0.05, 0.1) is 16.1 Å². The molecule has 2 aromatic carbocycles. The number of nitrogens with one attached hydrogen (secondary N) is 1. The van der Waals surface area contributed by atoms with Gasteiger partial charge < -0.3 is 15.0 Å². The van der Waals surface area contributed by atoms with Crippen molar-refractivity contribution >= 4 is 46.4 Å². The van der Waals surface area contributed by atoms with Crippen LogP contribution in [0, 0.1) is 0 Å². The average Bonchev–Trinajstić information content (AvgIpc) is 2.56. The van der Waals surface area contributed by atoms with E-state index in [4.69, 9.17) is 27.9 Å². The van der Waals surface area contributed by atoms with Crippen LogP contribution >= 0.6 is 23.2 Å². The van der Waals surface area contributed by atoms with Crippen LogP contribution in [0.2, 0.25) is 10.0 Å². The fourth-order valence-corrected chi connectivity index (χ4v) is 2.56. The molecule has 5 nitrogen and oxygen atoms in total. The molecule has 2 amide bonds. The monoisotopic (exact) mass is 394 g/mol. The van der Waals surface area contributed by atoms with E-state index in [-0.39, 0.29) is 24.5 Å². The van der Waals surface area contributed by atoms with E-state index < -0.39 is 0 Å².